The van der Waals surface area contributed by atoms with Crippen LogP contribution >= 0.6 is 0 Å². The van der Waals surface area contributed by atoms with Gasteiger partial charge in [-0.3, -0.25) is 10.1 Å². The highest BCUT2D eigenvalue weighted by atomic mass is 16.7. The monoisotopic (exact) mass is 511 g/mol. The van der Waals surface area contributed by atoms with Gasteiger partial charge in [0.2, 0.25) is 6.54 Å². The Morgan fingerprint density at radius 3 is 2.44 bits per heavy atom. The minimum atomic E-state index is -1.29. The first-order valence-electron chi connectivity index (χ1n) is 14.1. The topological polar surface area (TPSA) is 143 Å². The Labute approximate surface area is 213 Å². The number of hydrogen-bond donors (Lipinski definition) is 4. The molecule has 4 aliphatic carbocycles. The van der Waals surface area contributed by atoms with E-state index in [1.54, 1.807) is 6.92 Å². The van der Waals surface area contributed by atoms with Crippen LogP contribution in [0.15, 0.2) is 0 Å². The first-order valence-corrected chi connectivity index (χ1v) is 14.1. The number of fused-ring (bicyclic) bond motifs is 5. The molecule has 9 heteroatoms. The SMILES string of the molecule is CC1O[C@@H](O[C@H]2CC[C@]3(C)C4CC[C@]5(C)[C@@H](CC[N+](=O)[O-])CC[C@]5(O)C4CC[C@@H]3C2)C(O)[C@@H](O)[C@H]1O. The van der Waals surface area contributed by atoms with E-state index in [2.05, 4.69) is 13.8 Å². The fraction of sp³-hybridized carbons (Fsp3) is 1.00. The predicted molar refractivity (Wildman–Crippen MR) is 130 cm³/mol. The molecular weight excluding hydrogens is 466 g/mol. The van der Waals surface area contributed by atoms with Gasteiger partial charge in [-0.1, -0.05) is 13.8 Å². The molecule has 5 rings (SSSR count). The van der Waals surface area contributed by atoms with Gasteiger partial charge in [-0.25, -0.2) is 0 Å². The lowest BCUT2D eigenvalue weighted by molar-refractivity contribution is -0.482. The van der Waals surface area contributed by atoms with E-state index in [0.717, 1.165) is 57.8 Å². The Hall–Kier alpha value is -0.840. The first kappa shape index (κ1) is 26.8. The van der Waals surface area contributed by atoms with E-state index >= 15 is 0 Å². The Morgan fingerprint density at radius 1 is 0.972 bits per heavy atom. The second-order valence-corrected chi connectivity index (χ2v) is 13.2. The largest absolute Gasteiger partial charge is 0.389 e. The number of aliphatic hydroxyl groups excluding tert-OH is 3. The fourth-order valence-corrected chi connectivity index (χ4v) is 9.46. The van der Waals surface area contributed by atoms with Crippen LogP contribution in [0.2, 0.25) is 0 Å². The van der Waals surface area contributed by atoms with Gasteiger partial charge < -0.3 is 29.9 Å². The molecule has 0 aromatic heterocycles. The van der Waals surface area contributed by atoms with Gasteiger partial charge in [0.15, 0.2) is 6.29 Å². The van der Waals surface area contributed by atoms with Gasteiger partial charge in [0.25, 0.3) is 0 Å². The number of aliphatic hydroxyl groups is 4. The average molecular weight is 512 g/mol. The van der Waals surface area contributed by atoms with Crippen LogP contribution in [0.1, 0.15) is 85.0 Å². The van der Waals surface area contributed by atoms with Gasteiger partial charge in [-0.15, -0.1) is 0 Å². The van der Waals surface area contributed by atoms with E-state index in [4.69, 9.17) is 9.47 Å². The molecule has 0 aromatic rings. The van der Waals surface area contributed by atoms with Crippen molar-refractivity contribution in [3.05, 3.63) is 10.1 Å². The van der Waals surface area contributed by atoms with Gasteiger partial charge in [-0.2, -0.15) is 0 Å². The van der Waals surface area contributed by atoms with E-state index in [1.807, 2.05) is 0 Å². The fourth-order valence-electron chi connectivity index (χ4n) is 9.46. The zero-order valence-electron chi connectivity index (χ0n) is 21.9. The summed E-state index contributed by atoms with van der Waals surface area (Å²) in [4.78, 5) is 10.8. The zero-order chi connectivity index (χ0) is 26.0. The molecule has 1 aliphatic heterocycles. The van der Waals surface area contributed by atoms with Crippen LogP contribution in [0.4, 0.5) is 0 Å². The standard InChI is InChI=1S/C27H45NO8/c1-15-21(29)22(30)23(31)24(35-15)36-18-7-10-25(2)17(14-18)4-5-20-19(25)8-11-26(3)16(9-13-28(33)34)6-12-27(20,26)32/h15-24,29-32H,4-14H2,1-3H3/t15?,16-,17-,18+,19?,20?,21+,22+,23?,24+,25+,26-,27+/m1/s1. The highest BCUT2D eigenvalue weighted by molar-refractivity contribution is 5.16. The van der Waals surface area contributed by atoms with Crippen molar-refractivity contribution in [2.75, 3.05) is 6.54 Å². The van der Waals surface area contributed by atoms with E-state index in [0.29, 0.717) is 18.3 Å². The van der Waals surface area contributed by atoms with Crippen molar-refractivity contribution in [2.24, 2.45) is 34.5 Å². The number of rotatable bonds is 5. The molecule has 4 saturated carbocycles. The van der Waals surface area contributed by atoms with Crippen LogP contribution < -0.4 is 0 Å². The molecule has 13 atom stereocenters. The summed E-state index contributed by atoms with van der Waals surface area (Å²) in [6.07, 6.45) is 3.47. The molecule has 5 fully saturated rings. The minimum absolute atomic E-state index is 0.0141. The summed E-state index contributed by atoms with van der Waals surface area (Å²) >= 11 is 0. The van der Waals surface area contributed by atoms with Crippen molar-refractivity contribution in [3.63, 3.8) is 0 Å². The second kappa shape index (κ2) is 9.42. The normalized spacial score (nSPS) is 54.9. The molecule has 206 valence electrons. The number of nitrogens with zero attached hydrogens (tertiary/aromatic N) is 1. The lowest BCUT2D eigenvalue weighted by Crippen LogP contribution is -2.62. The summed E-state index contributed by atoms with van der Waals surface area (Å²) < 4.78 is 11.9. The molecule has 4 unspecified atom stereocenters. The molecular formula is C27H45NO8. The summed E-state index contributed by atoms with van der Waals surface area (Å²) in [6.45, 7) is 6.24. The highest BCUT2D eigenvalue weighted by Gasteiger charge is 2.67. The van der Waals surface area contributed by atoms with Gasteiger partial charge in [0.1, 0.15) is 18.3 Å². The third kappa shape index (κ3) is 4.04. The van der Waals surface area contributed by atoms with E-state index in [1.165, 1.54) is 0 Å². The van der Waals surface area contributed by atoms with Gasteiger partial charge in [0, 0.05) is 11.3 Å². The Kier molecular flexibility index (Phi) is 7.00. The third-order valence-corrected chi connectivity index (χ3v) is 11.8. The van der Waals surface area contributed by atoms with Crippen molar-refractivity contribution in [1.29, 1.82) is 0 Å². The maximum atomic E-state index is 12.2. The van der Waals surface area contributed by atoms with E-state index in [-0.39, 0.29) is 40.2 Å². The molecule has 4 N–H and O–H groups in total. The van der Waals surface area contributed by atoms with Crippen molar-refractivity contribution < 1.29 is 34.8 Å². The van der Waals surface area contributed by atoms with Crippen LogP contribution in [-0.2, 0) is 9.47 Å². The van der Waals surface area contributed by atoms with Gasteiger partial charge >= 0.3 is 0 Å². The van der Waals surface area contributed by atoms with E-state index in [9.17, 15) is 30.5 Å². The zero-order valence-corrected chi connectivity index (χ0v) is 21.9. The molecule has 0 radical (unpaired) electrons. The number of hydrogen-bond acceptors (Lipinski definition) is 8. The van der Waals surface area contributed by atoms with E-state index < -0.39 is 36.3 Å². The summed E-state index contributed by atoms with van der Waals surface area (Å²) in [5.74, 6) is 1.32. The molecule has 0 spiro atoms. The number of nitro groups is 1. The average Bonchev–Trinajstić information content (AvgIpc) is 3.10. The quantitative estimate of drug-likeness (QED) is 0.251. The van der Waals surface area contributed by atoms with Gasteiger partial charge in [0.05, 0.1) is 17.8 Å². The second-order valence-electron chi connectivity index (χ2n) is 13.2. The van der Waals surface area contributed by atoms with Crippen LogP contribution in [-0.4, -0.2) is 74.3 Å². The lowest BCUT2D eigenvalue weighted by Gasteiger charge is -2.63. The summed E-state index contributed by atoms with van der Waals surface area (Å²) in [5, 5.41) is 53.8. The number of ether oxygens (including phenoxy) is 2. The van der Waals surface area contributed by atoms with Crippen LogP contribution in [0.5, 0.6) is 0 Å². The molecule has 1 saturated heterocycles. The van der Waals surface area contributed by atoms with Crippen molar-refractivity contribution in [3.8, 4) is 0 Å². The van der Waals surface area contributed by atoms with Crippen molar-refractivity contribution >= 4 is 0 Å². The minimum Gasteiger partial charge on any atom is -0.389 e. The van der Waals surface area contributed by atoms with Gasteiger partial charge in [-0.05, 0) is 99.2 Å². The maximum Gasteiger partial charge on any atom is 0.204 e. The Bertz CT molecular complexity index is 843. The van der Waals surface area contributed by atoms with Crippen molar-refractivity contribution in [1.82, 2.24) is 0 Å². The smallest absolute Gasteiger partial charge is 0.204 e. The molecule has 1 heterocycles. The van der Waals surface area contributed by atoms with Crippen molar-refractivity contribution in [2.45, 2.75) is 127 Å². The summed E-state index contributed by atoms with van der Waals surface area (Å²) in [6, 6.07) is 0. The van der Waals surface area contributed by atoms with Crippen LogP contribution in [0, 0.1) is 44.6 Å². The Morgan fingerprint density at radius 2 is 1.72 bits per heavy atom. The lowest BCUT2D eigenvalue weighted by atomic mass is 9.43. The molecule has 36 heavy (non-hydrogen) atoms. The molecule has 0 aromatic carbocycles. The van der Waals surface area contributed by atoms with Crippen LogP contribution in [0.3, 0.4) is 0 Å². The predicted octanol–water partition coefficient (Wildman–Crippen LogP) is 2.64. The third-order valence-electron chi connectivity index (χ3n) is 11.8. The molecule has 0 bridgehead atoms. The van der Waals surface area contributed by atoms with Crippen LogP contribution in [0.25, 0.3) is 0 Å². The molecule has 5 aliphatic rings. The Balaban J connectivity index is 1.26. The molecule has 9 nitrogen and oxygen atoms in total. The highest BCUT2D eigenvalue weighted by Crippen LogP contribution is 2.69. The first-order chi connectivity index (χ1) is 16.9. The maximum absolute atomic E-state index is 12.2. The summed E-state index contributed by atoms with van der Waals surface area (Å²) in [7, 11) is 0. The summed E-state index contributed by atoms with van der Waals surface area (Å²) in [5.41, 5.74) is -0.885. The molecule has 0 amide bonds.